The van der Waals surface area contributed by atoms with Crippen molar-refractivity contribution >= 4 is 17.4 Å². The Bertz CT molecular complexity index is 659. The number of rotatable bonds is 5. The van der Waals surface area contributed by atoms with Gasteiger partial charge in [-0.1, -0.05) is 28.9 Å². The normalized spacial score (nSPS) is 11.2. The van der Waals surface area contributed by atoms with E-state index in [1.165, 1.54) is 0 Å². The summed E-state index contributed by atoms with van der Waals surface area (Å²) in [5.41, 5.74) is 6.02. The molecule has 0 aliphatic rings. The van der Waals surface area contributed by atoms with Gasteiger partial charge in [-0.25, -0.2) is 0 Å². The smallest absolute Gasteiger partial charge is 0.170 e. The first-order valence-corrected chi connectivity index (χ1v) is 6.70. The van der Waals surface area contributed by atoms with Crippen LogP contribution in [0.25, 0.3) is 0 Å². The average molecular weight is 307 g/mol. The fraction of sp³-hybridized carbons (Fsp3) is 0.133. The SMILES string of the molecule is CCOc1ccccc1Oc1ccc(C(N)=NO)cc1Cl. The molecule has 0 fully saturated rings. The summed E-state index contributed by atoms with van der Waals surface area (Å²) in [5, 5.41) is 11.9. The highest BCUT2D eigenvalue weighted by molar-refractivity contribution is 6.32. The van der Waals surface area contributed by atoms with Crippen molar-refractivity contribution in [2.45, 2.75) is 6.92 Å². The third-order valence-corrected chi connectivity index (χ3v) is 3.00. The number of ether oxygens (including phenoxy) is 2. The van der Waals surface area contributed by atoms with E-state index in [2.05, 4.69) is 5.16 Å². The number of nitrogens with zero attached hydrogens (tertiary/aromatic N) is 1. The van der Waals surface area contributed by atoms with Crippen LogP contribution in [0.15, 0.2) is 47.6 Å². The molecule has 0 aromatic heterocycles. The van der Waals surface area contributed by atoms with Crippen molar-refractivity contribution in [3.05, 3.63) is 53.1 Å². The highest BCUT2D eigenvalue weighted by atomic mass is 35.5. The van der Waals surface area contributed by atoms with Crippen LogP contribution in [0.3, 0.4) is 0 Å². The molecule has 2 aromatic rings. The predicted octanol–water partition coefficient (Wildman–Crippen LogP) is 3.63. The van der Waals surface area contributed by atoms with Gasteiger partial charge in [-0.2, -0.15) is 0 Å². The quantitative estimate of drug-likeness (QED) is 0.383. The zero-order valence-corrected chi connectivity index (χ0v) is 12.2. The summed E-state index contributed by atoms with van der Waals surface area (Å²) in [7, 11) is 0. The number of hydrogen-bond acceptors (Lipinski definition) is 4. The number of para-hydroxylation sites is 2. The van der Waals surface area contributed by atoms with E-state index < -0.39 is 0 Å². The van der Waals surface area contributed by atoms with E-state index in [9.17, 15) is 0 Å². The molecule has 0 aliphatic carbocycles. The van der Waals surface area contributed by atoms with Crippen molar-refractivity contribution in [3.8, 4) is 17.2 Å². The summed E-state index contributed by atoms with van der Waals surface area (Å²) >= 11 is 6.15. The molecule has 0 saturated heterocycles. The van der Waals surface area contributed by atoms with Gasteiger partial charge in [-0.05, 0) is 37.3 Å². The highest BCUT2D eigenvalue weighted by Gasteiger charge is 2.10. The molecule has 110 valence electrons. The first-order valence-electron chi connectivity index (χ1n) is 6.32. The molecule has 0 amide bonds. The van der Waals surface area contributed by atoms with E-state index in [-0.39, 0.29) is 5.84 Å². The minimum atomic E-state index is -0.0156. The maximum absolute atomic E-state index is 8.65. The van der Waals surface area contributed by atoms with Gasteiger partial charge in [-0.3, -0.25) is 0 Å². The Labute approximate surface area is 127 Å². The zero-order chi connectivity index (χ0) is 15.2. The van der Waals surface area contributed by atoms with Crippen LogP contribution in [-0.4, -0.2) is 17.6 Å². The van der Waals surface area contributed by atoms with Gasteiger partial charge in [0.1, 0.15) is 5.75 Å². The predicted molar refractivity (Wildman–Crippen MR) is 81.6 cm³/mol. The zero-order valence-electron chi connectivity index (χ0n) is 11.4. The van der Waals surface area contributed by atoms with Gasteiger partial charge in [0, 0.05) is 5.56 Å². The Morgan fingerprint density at radius 2 is 1.90 bits per heavy atom. The fourth-order valence-corrected chi connectivity index (χ4v) is 1.95. The van der Waals surface area contributed by atoms with E-state index in [0.717, 1.165) is 0 Å². The number of nitrogens with two attached hydrogens (primary N) is 1. The average Bonchev–Trinajstić information content (AvgIpc) is 2.50. The molecule has 0 saturated carbocycles. The van der Waals surface area contributed by atoms with Crippen molar-refractivity contribution in [1.82, 2.24) is 0 Å². The molecule has 0 heterocycles. The second kappa shape index (κ2) is 6.85. The molecule has 5 nitrogen and oxygen atoms in total. The van der Waals surface area contributed by atoms with E-state index in [1.807, 2.05) is 25.1 Å². The van der Waals surface area contributed by atoms with Crippen molar-refractivity contribution in [2.75, 3.05) is 6.61 Å². The summed E-state index contributed by atoms with van der Waals surface area (Å²) < 4.78 is 11.2. The van der Waals surface area contributed by atoms with Crippen LogP contribution in [0.1, 0.15) is 12.5 Å². The number of amidine groups is 1. The maximum Gasteiger partial charge on any atom is 0.170 e. The molecule has 3 N–H and O–H groups in total. The second-order valence-electron chi connectivity index (χ2n) is 4.11. The standard InChI is InChI=1S/C15H15ClN2O3/c1-2-20-13-5-3-4-6-14(13)21-12-8-7-10(9-11(12)16)15(17)18-19/h3-9,19H,2H2,1H3,(H2,17,18). The summed E-state index contributed by atoms with van der Waals surface area (Å²) in [6, 6.07) is 12.2. The summed E-state index contributed by atoms with van der Waals surface area (Å²) in [5.74, 6) is 1.64. The lowest BCUT2D eigenvalue weighted by atomic mass is 10.2. The Hall–Kier alpha value is -2.40. The van der Waals surface area contributed by atoms with Crippen molar-refractivity contribution in [2.24, 2.45) is 10.9 Å². The van der Waals surface area contributed by atoms with E-state index in [0.29, 0.717) is 34.4 Å². The Morgan fingerprint density at radius 3 is 2.52 bits per heavy atom. The molecule has 2 aromatic carbocycles. The lowest BCUT2D eigenvalue weighted by Crippen LogP contribution is -2.12. The van der Waals surface area contributed by atoms with Crippen molar-refractivity contribution in [1.29, 1.82) is 0 Å². The van der Waals surface area contributed by atoms with E-state index >= 15 is 0 Å². The largest absolute Gasteiger partial charge is 0.490 e. The Kier molecular flexibility index (Phi) is 4.90. The fourth-order valence-electron chi connectivity index (χ4n) is 1.73. The van der Waals surface area contributed by atoms with Gasteiger partial charge in [0.15, 0.2) is 17.3 Å². The van der Waals surface area contributed by atoms with Gasteiger partial charge in [0.2, 0.25) is 0 Å². The maximum atomic E-state index is 8.65. The van der Waals surface area contributed by atoms with Crippen LogP contribution in [0.2, 0.25) is 5.02 Å². The topological polar surface area (TPSA) is 77.1 Å². The molecule has 2 rings (SSSR count). The van der Waals surface area contributed by atoms with Crippen LogP contribution >= 0.6 is 11.6 Å². The van der Waals surface area contributed by atoms with E-state index in [1.54, 1.807) is 24.3 Å². The first kappa shape index (κ1) is 15.0. The summed E-state index contributed by atoms with van der Waals surface area (Å²) in [6.45, 7) is 2.44. The molecule has 0 bridgehead atoms. The third kappa shape index (κ3) is 3.58. The molecule has 21 heavy (non-hydrogen) atoms. The minimum Gasteiger partial charge on any atom is -0.490 e. The van der Waals surface area contributed by atoms with Gasteiger partial charge in [0.05, 0.1) is 11.6 Å². The Morgan fingerprint density at radius 1 is 1.19 bits per heavy atom. The van der Waals surface area contributed by atoms with Crippen LogP contribution < -0.4 is 15.2 Å². The monoisotopic (exact) mass is 306 g/mol. The molecule has 0 radical (unpaired) electrons. The number of halogens is 1. The van der Waals surface area contributed by atoms with Crippen LogP contribution in [0.4, 0.5) is 0 Å². The van der Waals surface area contributed by atoms with Crippen LogP contribution in [0, 0.1) is 0 Å². The minimum absolute atomic E-state index is 0.0156. The van der Waals surface area contributed by atoms with Gasteiger partial charge < -0.3 is 20.4 Å². The second-order valence-corrected chi connectivity index (χ2v) is 4.52. The highest BCUT2D eigenvalue weighted by Crippen LogP contribution is 2.35. The number of benzene rings is 2. The molecular formula is C15H15ClN2O3. The molecule has 6 heteroatoms. The van der Waals surface area contributed by atoms with Gasteiger partial charge in [-0.15, -0.1) is 0 Å². The van der Waals surface area contributed by atoms with Gasteiger partial charge in [0.25, 0.3) is 0 Å². The molecule has 0 spiro atoms. The van der Waals surface area contributed by atoms with Crippen molar-refractivity contribution in [3.63, 3.8) is 0 Å². The third-order valence-electron chi connectivity index (χ3n) is 2.70. The molecule has 0 atom stereocenters. The molecular weight excluding hydrogens is 292 g/mol. The summed E-state index contributed by atoms with van der Waals surface area (Å²) in [6.07, 6.45) is 0. The molecule has 0 aliphatic heterocycles. The number of hydrogen-bond donors (Lipinski definition) is 2. The lowest BCUT2D eigenvalue weighted by Gasteiger charge is -2.12. The van der Waals surface area contributed by atoms with Crippen LogP contribution in [-0.2, 0) is 0 Å². The first-order chi connectivity index (χ1) is 10.2. The van der Waals surface area contributed by atoms with Crippen LogP contribution in [0.5, 0.6) is 17.2 Å². The lowest BCUT2D eigenvalue weighted by molar-refractivity contribution is 0.318. The number of oxime groups is 1. The molecule has 0 unspecified atom stereocenters. The van der Waals surface area contributed by atoms with Gasteiger partial charge >= 0.3 is 0 Å². The summed E-state index contributed by atoms with van der Waals surface area (Å²) in [4.78, 5) is 0. The van der Waals surface area contributed by atoms with Crippen molar-refractivity contribution < 1.29 is 14.7 Å². The van der Waals surface area contributed by atoms with E-state index in [4.69, 9.17) is 32.0 Å². The Balaban J connectivity index is 2.28.